The van der Waals surface area contributed by atoms with Crippen LogP contribution >= 0.6 is 11.3 Å². The number of rotatable bonds is 3. The molecular formula is C11H18N2O2S2. The van der Waals surface area contributed by atoms with Crippen LogP contribution in [0.1, 0.15) is 32.6 Å². The summed E-state index contributed by atoms with van der Waals surface area (Å²) in [5, 5.41) is 1.65. The molecule has 1 aliphatic rings. The fourth-order valence-electron chi connectivity index (χ4n) is 2.29. The monoisotopic (exact) mass is 274 g/mol. The van der Waals surface area contributed by atoms with Gasteiger partial charge in [0.2, 0.25) is 10.0 Å². The molecule has 1 aromatic heterocycles. The van der Waals surface area contributed by atoms with Gasteiger partial charge in [0, 0.05) is 17.1 Å². The highest BCUT2D eigenvalue weighted by atomic mass is 32.2. The maximum atomic E-state index is 12.1. The molecule has 17 heavy (non-hydrogen) atoms. The summed E-state index contributed by atoms with van der Waals surface area (Å²) >= 11 is 1.17. The zero-order valence-electron chi connectivity index (χ0n) is 9.85. The molecule has 0 aromatic carbocycles. The predicted molar refractivity (Wildman–Crippen MR) is 70.5 cm³/mol. The summed E-state index contributed by atoms with van der Waals surface area (Å²) in [7, 11) is -3.37. The number of nitrogens with two attached hydrogens (primary N) is 1. The van der Waals surface area contributed by atoms with Gasteiger partial charge in [-0.2, -0.15) is 0 Å². The minimum atomic E-state index is -3.37. The maximum Gasteiger partial charge on any atom is 0.250 e. The highest BCUT2D eigenvalue weighted by molar-refractivity contribution is 7.91. The van der Waals surface area contributed by atoms with Crippen LogP contribution in [0, 0.1) is 5.92 Å². The zero-order chi connectivity index (χ0) is 12.5. The summed E-state index contributed by atoms with van der Waals surface area (Å²) in [5.74, 6) is 0.602. The molecule has 0 radical (unpaired) electrons. The second-order valence-electron chi connectivity index (χ2n) is 4.79. The van der Waals surface area contributed by atoms with Crippen molar-refractivity contribution in [2.45, 2.75) is 42.9 Å². The van der Waals surface area contributed by atoms with Gasteiger partial charge in [0.25, 0.3) is 0 Å². The lowest BCUT2D eigenvalue weighted by atomic mass is 9.88. The van der Waals surface area contributed by atoms with Crippen molar-refractivity contribution >= 4 is 27.0 Å². The number of hydrogen-bond donors (Lipinski definition) is 2. The third-order valence-electron chi connectivity index (χ3n) is 3.12. The van der Waals surface area contributed by atoms with E-state index in [0.29, 0.717) is 15.8 Å². The molecule has 0 amide bonds. The van der Waals surface area contributed by atoms with Gasteiger partial charge in [-0.05, 0) is 24.8 Å². The number of sulfonamides is 1. The molecule has 1 fully saturated rings. The number of nitrogen functional groups attached to an aromatic ring is 1. The lowest BCUT2D eigenvalue weighted by Crippen LogP contribution is -2.37. The van der Waals surface area contributed by atoms with Crippen molar-refractivity contribution in [3.05, 3.63) is 11.4 Å². The van der Waals surface area contributed by atoms with Crippen LogP contribution in [0.4, 0.5) is 5.69 Å². The van der Waals surface area contributed by atoms with Crippen LogP contribution in [0.5, 0.6) is 0 Å². The Hall–Kier alpha value is -0.590. The van der Waals surface area contributed by atoms with Crippen LogP contribution < -0.4 is 10.5 Å². The molecule has 2 rings (SSSR count). The normalized spacial score (nSPS) is 25.9. The van der Waals surface area contributed by atoms with E-state index >= 15 is 0 Å². The molecule has 1 aliphatic carbocycles. The van der Waals surface area contributed by atoms with E-state index in [0.717, 1.165) is 19.3 Å². The summed E-state index contributed by atoms with van der Waals surface area (Å²) in [4.78, 5) is 0. The molecule has 1 saturated carbocycles. The summed E-state index contributed by atoms with van der Waals surface area (Å²) < 4.78 is 27.2. The van der Waals surface area contributed by atoms with E-state index in [1.54, 1.807) is 5.38 Å². The van der Waals surface area contributed by atoms with E-state index in [1.807, 2.05) is 0 Å². The first-order valence-corrected chi connectivity index (χ1v) is 8.20. The molecule has 0 bridgehead atoms. The van der Waals surface area contributed by atoms with Gasteiger partial charge in [-0.25, -0.2) is 13.1 Å². The van der Waals surface area contributed by atoms with Crippen LogP contribution in [0.3, 0.4) is 0 Å². The van der Waals surface area contributed by atoms with E-state index in [4.69, 9.17) is 5.73 Å². The molecule has 0 spiro atoms. The van der Waals surface area contributed by atoms with Crippen molar-refractivity contribution in [3.63, 3.8) is 0 Å². The molecule has 96 valence electrons. The third-order valence-corrected chi connectivity index (χ3v) is 6.10. The first-order valence-electron chi connectivity index (χ1n) is 5.84. The van der Waals surface area contributed by atoms with Crippen molar-refractivity contribution in [1.82, 2.24) is 4.72 Å². The Morgan fingerprint density at radius 3 is 2.82 bits per heavy atom. The van der Waals surface area contributed by atoms with Crippen LogP contribution in [-0.4, -0.2) is 14.5 Å². The van der Waals surface area contributed by atoms with Crippen molar-refractivity contribution < 1.29 is 8.42 Å². The van der Waals surface area contributed by atoms with E-state index in [1.165, 1.54) is 23.8 Å². The van der Waals surface area contributed by atoms with Crippen LogP contribution in [0.25, 0.3) is 0 Å². The summed E-state index contributed by atoms with van der Waals surface area (Å²) in [6.45, 7) is 2.17. The maximum absolute atomic E-state index is 12.1. The highest BCUT2D eigenvalue weighted by Crippen LogP contribution is 2.26. The molecule has 6 heteroatoms. The molecule has 4 nitrogen and oxygen atoms in total. The lowest BCUT2D eigenvalue weighted by molar-refractivity contribution is 0.327. The number of thiophene rings is 1. The van der Waals surface area contributed by atoms with Gasteiger partial charge in [0.1, 0.15) is 4.21 Å². The second kappa shape index (κ2) is 4.96. The van der Waals surface area contributed by atoms with Gasteiger partial charge < -0.3 is 5.73 Å². The van der Waals surface area contributed by atoms with Crippen molar-refractivity contribution in [1.29, 1.82) is 0 Å². The Balaban J connectivity index is 2.07. The fraction of sp³-hybridized carbons (Fsp3) is 0.636. The summed E-state index contributed by atoms with van der Waals surface area (Å²) in [6.07, 6.45) is 4.16. The average Bonchev–Trinajstić information content (AvgIpc) is 2.65. The Bertz CT molecular complexity index is 481. The smallest absolute Gasteiger partial charge is 0.250 e. The van der Waals surface area contributed by atoms with Gasteiger partial charge in [0.15, 0.2) is 0 Å². The van der Waals surface area contributed by atoms with Gasteiger partial charge in [0.05, 0.1) is 0 Å². The van der Waals surface area contributed by atoms with Crippen LogP contribution in [0.15, 0.2) is 15.7 Å². The Morgan fingerprint density at radius 1 is 1.47 bits per heavy atom. The van der Waals surface area contributed by atoms with Gasteiger partial charge in [-0.3, -0.25) is 0 Å². The van der Waals surface area contributed by atoms with E-state index in [2.05, 4.69) is 11.6 Å². The number of anilines is 1. The number of nitrogens with one attached hydrogen (secondary N) is 1. The molecular weight excluding hydrogens is 256 g/mol. The molecule has 0 saturated heterocycles. The third kappa shape index (κ3) is 3.20. The minimum absolute atomic E-state index is 0.0760. The van der Waals surface area contributed by atoms with Crippen molar-refractivity contribution in [2.75, 3.05) is 5.73 Å². The first kappa shape index (κ1) is 12.9. The van der Waals surface area contributed by atoms with Crippen LogP contribution in [-0.2, 0) is 10.0 Å². The summed E-state index contributed by atoms with van der Waals surface area (Å²) in [5.41, 5.74) is 6.06. The Labute approximate surface area is 106 Å². The predicted octanol–water partition coefficient (Wildman–Crippen LogP) is 2.19. The second-order valence-corrected chi connectivity index (χ2v) is 7.64. The largest absolute Gasteiger partial charge is 0.398 e. The first-order chi connectivity index (χ1) is 7.97. The molecule has 1 heterocycles. The SMILES string of the molecule is CC1CCCC(NS(=O)(=O)c2cc(N)cs2)C1. The van der Waals surface area contributed by atoms with Gasteiger partial charge in [-0.1, -0.05) is 19.8 Å². The zero-order valence-corrected chi connectivity index (χ0v) is 11.5. The Morgan fingerprint density at radius 2 is 2.24 bits per heavy atom. The molecule has 2 atom stereocenters. The highest BCUT2D eigenvalue weighted by Gasteiger charge is 2.25. The Kier molecular flexibility index (Phi) is 3.75. The quantitative estimate of drug-likeness (QED) is 0.887. The molecule has 0 aliphatic heterocycles. The average molecular weight is 274 g/mol. The van der Waals surface area contributed by atoms with E-state index < -0.39 is 10.0 Å². The lowest BCUT2D eigenvalue weighted by Gasteiger charge is -2.26. The van der Waals surface area contributed by atoms with Crippen molar-refractivity contribution in [2.24, 2.45) is 5.92 Å². The molecule has 3 N–H and O–H groups in total. The molecule has 2 unspecified atom stereocenters. The van der Waals surface area contributed by atoms with Gasteiger partial charge >= 0.3 is 0 Å². The summed E-state index contributed by atoms with van der Waals surface area (Å²) in [6, 6.07) is 1.59. The van der Waals surface area contributed by atoms with Crippen LogP contribution in [0.2, 0.25) is 0 Å². The molecule has 1 aromatic rings. The number of hydrogen-bond acceptors (Lipinski definition) is 4. The van der Waals surface area contributed by atoms with Crippen molar-refractivity contribution in [3.8, 4) is 0 Å². The minimum Gasteiger partial charge on any atom is -0.398 e. The standard InChI is InChI=1S/C11H18N2O2S2/c1-8-3-2-4-10(5-8)13-17(14,15)11-6-9(12)7-16-11/h6-8,10,13H,2-5,12H2,1H3. The van der Waals surface area contributed by atoms with E-state index in [-0.39, 0.29) is 6.04 Å². The van der Waals surface area contributed by atoms with Gasteiger partial charge in [-0.15, -0.1) is 11.3 Å². The van der Waals surface area contributed by atoms with E-state index in [9.17, 15) is 8.42 Å². The fourth-order valence-corrected chi connectivity index (χ4v) is 4.67. The topological polar surface area (TPSA) is 72.2 Å².